The molecule has 5 nitrogen and oxygen atoms in total. The number of carbonyl (C=O) groups excluding carboxylic acids is 2. The van der Waals surface area contributed by atoms with Crippen LogP contribution in [0.1, 0.15) is 51.9 Å². The molecule has 1 aromatic heterocycles. The van der Waals surface area contributed by atoms with Crippen LogP contribution in [0, 0.1) is 0 Å². The molecule has 1 amide bonds. The molecule has 2 heterocycles. The minimum Gasteiger partial charge on any atom is -0.356 e. The predicted octanol–water partition coefficient (Wildman–Crippen LogP) is 3.21. The molecule has 3 unspecified atom stereocenters. The van der Waals surface area contributed by atoms with E-state index in [9.17, 15) is 9.59 Å². The van der Waals surface area contributed by atoms with Crippen molar-refractivity contribution in [3.63, 3.8) is 0 Å². The van der Waals surface area contributed by atoms with Crippen molar-refractivity contribution in [3.8, 4) is 0 Å². The van der Waals surface area contributed by atoms with Crippen molar-refractivity contribution in [1.29, 1.82) is 0 Å². The molecule has 0 spiro atoms. The van der Waals surface area contributed by atoms with Crippen LogP contribution >= 0.6 is 0 Å². The van der Waals surface area contributed by atoms with Crippen molar-refractivity contribution in [1.82, 2.24) is 15.2 Å². The monoisotopic (exact) mass is 343 g/mol. The molecule has 2 N–H and O–H groups in total. The third-order valence-electron chi connectivity index (χ3n) is 4.94. The Kier molecular flexibility index (Phi) is 6.01. The standard InChI is InChI=1S/C18H23N3O2.C2H6/c1-10(19-4)18(23)21-11(2)17-14(9-16(21)12(3)22)13-7-5-6-8-15(13)20-17;1-2/h5-8,10-11,16,19-20H,9H2,1-4H3;1-2H3. The second kappa shape index (κ2) is 7.83. The molecule has 2 aromatic rings. The Morgan fingerprint density at radius 1 is 1.28 bits per heavy atom. The Balaban J connectivity index is 0.00000109. The first-order valence-electron chi connectivity index (χ1n) is 9.05. The van der Waals surface area contributed by atoms with Crippen LogP contribution in [0.3, 0.4) is 0 Å². The Bertz CT molecular complexity index is 765. The summed E-state index contributed by atoms with van der Waals surface area (Å²) in [7, 11) is 1.76. The summed E-state index contributed by atoms with van der Waals surface area (Å²) in [5.41, 5.74) is 3.26. The molecule has 0 aliphatic carbocycles. The van der Waals surface area contributed by atoms with Gasteiger partial charge in [-0.15, -0.1) is 0 Å². The number of amides is 1. The molecule has 0 fully saturated rings. The van der Waals surface area contributed by atoms with Crippen LogP contribution in [-0.4, -0.2) is 40.7 Å². The SMILES string of the molecule is CC.CNC(C)C(=O)N1C(C(C)=O)Cc2c([nH]c3ccccc23)C1C. The number of para-hydroxylation sites is 1. The highest BCUT2D eigenvalue weighted by atomic mass is 16.2. The number of hydrogen-bond acceptors (Lipinski definition) is 3. The zero-order chi connectivity index (χ0) is 18.7. The summed E-state index contributed by atoms with van der Waals surface area (Å²) < 4.78 is 0. The number of nitrogens with zero attached hydrogens (tertiary/aromatic N) is 1. The predicted molar refractivity (Wildman–Crippen MR) is 102 cm³/mol. The minimum atomic E-state index is -0.403. The van der Waals surface area contributed by atoms with Gasteiger partial charge < -0.3 is 15.2 Å². The van der Waals surface area contributed by atoms with Gasteiger partial charge in [0.1, 0.15) is 0 Å². The van der Waals surface area contributed by atoms with E-state index in [1.54, 1.807) is 18.9 Å². The fraction of sp³-hybridized carbons (Fsp3) is 0.500. The molecular formula is C20H29N3O2. The quantitative estimate of drug-likeness (QED) is 0.899. The molecular weight excluding hydrogens is 314 g/mol. The van der Waals surface area contributed by atoms with E-state index in [1.807, 2.05) is 45.9 Å². The highest BCUT2D eigenvalue weighted by molar-refractivity contribution is 5.93. The first kappa shape index (κ1) is 19.2. The maximum atomic E-state index is 12.8. The lowest BCUT2D eigenvalue weighted by molar-refractivity contribution is -0.143. The smallest absolute Gasteiger partial charge is 0.240 e. The number of H-pyrrole nitrogens is 1. The zero-order valence-corrected chi connectivity index (χ0v) is 16.0. The molecule has 1 aromatic carbocycles. The summed E-state index contributed by atoms with van der Waals surface area (Å²) >= 11 is 0. The van der Waals surface area contributed by atoms with Gasteiger partial charge in [-0.25, -0.2) is 0 Å². The van der Waals surface area contributed by atoms with E-state index in [4.69, 9.17) is 0 Å². The summed E-state index contributed by atoms with van der Waals surface area (Å²) in [6.07, 6.45) is 0.571. The Morgan fingerprint density at radius 3 is 2.52 bits per heavy atom. The molecule has 0 saturated heterocycles. The lowest BCUT2D eigenvalue weighted by atomic mass is 9.90. The number of carbonyl (C=O) groups is 2. The van der Waals surface area contributed by atoms with Gasteiger partial charge in [-0.1, -0.05) is 32.0 Å². The van der Waals surface area contributed by atoms with Gasteiger partial charge in [0, 0.05) is 23.0 Å². The average molecular weight is 343 g/mol. The molecule has 3 rings (SSSR count). The molecule has 0 saturated carbocycles. The second-order valence-electron chi connectivity index (χ2n) is 6.33. The lowest BCUT2D eigenvalue weighted by Gasteiger charge is -2.40. The molecule has 1 aliphatic rings. The van der Waals surface area contributed by atoms with Crippen molar-refractivity contribution < 1.29 is 9.59 Å². The number of aromatic nitrogens is 1. The van der Waals surface area contributed by atoms with Crippen molar-refractivity contribution >= 4 is 22.6 Å². The molecule has 0 radical (unpaired) electrons. The minimum absolute atomic E-state index is 0.0319. The van der Waals surface area contributed by atoms with E-state index < -0.39 is 6.04 Å². The molecule has 0 bridgehead atoms. The highest BCUT2D eigenvalue weighted by Crippen LogP contribution is 2.37. The van der Waals surface area contributed by atoms with Gasteiger partial charge >= 0.3 is 0 Å². The van der Waals surface area contributed by atoms with Crippen LogP contribution in [-0.2, 0) is 16.0 Å². The van der Waals surface area contributed by atoms with E-state index in [1.165, 1.54) is 0 Å². The average Bonchev–Trinajstić information content (AvgIpc) is 3.01. The summed E-state index contributed by atoms with van der Waals surface area (Å²) in [4.78, 5) is 30.2. The van der Waals surface area contributed by atoms with Crippen molar-refractivity contribution in [2.24, 2.45) is 0 Å². The van der Waals surface area contributed by atoms with Gasteiger partial charge in [0.25, 0.3) is 0 Å². The summed E-state index contributed by atoms with van der Waals surface area (Å²) in [5.74, 6) is -0.00561. The van der Waals surface area contributed by atoms with Gasteiger partial charge in [0.15, 0.2) is 5.78 Å². The molecule has 3 atom stereocenters. The number of aromatic amines is 1. The normalized spacial score (nSPS) is 20.5. The molecule has 5 heteroatoms. The summed E-state index contributed by atoms with van der Waals surface area (Å²) in [5, 5.41) is 4.13. The van der Waals surface area contributed by atoms with E-state index in [0.29, 0.717) is 6.42 Å². The maximum absolute atomic E-state index is 12.8. The summed E-state index contributed by atoms with van der Waals surface area (Å²) in [6, 6.07) is 7.23. The third-order valence-corrected chi connectivity index (χ3v) is 4.94. The van der Waals surface area contributed by atoms with Gasteiger partial charge in [-0.3, -0.25) is 9.59 Å². The van der Waals surface area contributed by atoms with Crippen LogP contribution in [0.5, 0.6) is 0 Å². The van der Waals surface area contributed by atoms with Crippen LogP contribution in [0.2, 0.25) is 0 Å². The van der Waals surface area contributed by atoms with E-state index in [0.717, 1.165) is 22.2 Å². The Labute approximate surface area is 149 Å². The number of benzene rings is 1. The molecule has 136 valence electrons. The number of Topliss-reactive ketones (excluding diaryl/α,β-unsaturated/α-hetero) is 1. The van der Waals surface area contributed by atoms with E-state index >= 15 is 0 Å². The van der Waals surface area contributed by atoms with E-state index in [2.05, 4.69) is 16.4 Å². The Hall–Kier alpha value is -2.14. The third kappa shape index (κ3) is 3.33. The maximum Gasteiger partial charge on any atom is 0.240 e. The van der Waals surface area contributed by atoms with Crippen molar-refractivity contribution in [3.05, 3.63) is 35.5 Å². The van der Waals surface area contributed by atoms with Gasteiger partial charge in [0.2, 0.25) is 5.91 Å². The first-order valence-corrected chi connectivity index (χ1v) is 9.05. The van der Waals surface area contributed by atoms with Crippen molar-refractivity contribution in [2.45, 2.75) is 59.2 Å². The van der Waals surface area contributed by atoms with Gasteiger partial charge in [-0.2, -0.15) is 0 Å². The van der Waals surface area contributed by atoms with Gasteiger partial charge in [-0.05, 0) is 39.4 Å². The number of hydrogen-bond donors (Lipinski definition) is 2. The Morgan fingerprint density at radius 2 is 1.92 bits per heavy atom. The second-order valence-corrected chi connectivity index (χ2v) is 6.33. The topological polar surface area (TPSA) is 65.2 Å². The number of fused-ring (bicyclic) bond motifs is 3. The van der Waals surface area contributed by atoms with Crippen molar-refractivity contribution in [2.75, 3.05) is 7.05 Å². The van der Waals surface area contributed by atoms with Gasteiger partial charge in [0.05, 0.1) is 18.1 Å². The fourth-order valence-corrected chi connectivity index (χ4v) is 3.53. The van der Waals surface area contributed by atoms with Crippen LogP contribution in [0.4, 0.5) is 0 Å². The van der Waals surface area contributed by atoms with Crippen LogP contribution in [0.15, 0.2) is 24.3 Å². The lowest BCUT2D eigenvalue weighted by Crippen LogP contribution is -2.54. The number of nitrogens with one attached hydrogen (secondary N) is 2. The summed E-state index contributed by atoms with van der Waals surface area (Å²) in [6.45, 7) is 9.39. The number of likely N-dealkylation sites (N-methyl/N-ethyl adjacent to an activating group) is 1. The molecule has 25 heavy (non-hydrogen) atoms. The van der Waals surface area contributed by atoms with Crippen LogP contribution < -0.4 is 5.32 Å². The van der Waals surface area contributed by atoms with Crippen LogP contribution in [0.25, 0.3) is 10.9 Å². The molecule has 1 aliphatic heterocycles. The first-order chi connectivity index (χ1) is 12.0. The number of rotatable bonds is 3. The largest absolute Gasteiger partial charge is 0.356 e. The van der Waals surface area contributed by atoms with E-state index in [-0.39, 0.29) is 23.8 Å². The fourth-order valence-electron chi connectivity index (χ4n) is 3.53. The zero-order valence-electron chi connectivity index (χ0n) is 16.0. The highest BCUT2D eigenvalue weighted by Gasteiger charge is 2.40. The number of ketones is 1.